The Labute approximate surface area is 101 Å². The normalized spacial score (nSPS) is 30.1. The molecule has 2 fully saturated rings. The molecule has 17 heavy (non-hydrogen) atoms. The Morgan fingerprint density at radius 1 is 1.35 bits per heavy atom. The summed E-state index contributed by atoms with van der Waals surface area (Å²) in [6.07, 6.45) is 2.02. The maximum atomic E-state index is 11.7. The minimum absolute atomic E-state index is 0.0241. The molecule has 2 aliphatic rings. The van der Waals surface area contributed by atoms with Crippen LogP contribution in [-0.2, 0) is 9.53 Å². The van der Waals surface area contributed by atoms with Crippen LogP contribution in [0.2, 0.25) is 0 Å². The van der Waals surface area contributed by atoms with E-state index < -0.39 is 0 Å². The number of carbonyl (C=O) groups is 1. The standard InChI is InChI=1S/C14H17NO2/c1-10(11-5-3-2-4-6-11)15-8-7-12-9-13(15)14(16)17-12/h2-6,10,12-13H,7-9H2,1H3/t10-,12?,13-/m1/s1. The molecule has 3 rings (SSSR count). The summed E-state index contributed by atoms with van der Waals surface area (Å²) in [5.74, 6) is -0.0321. The van der Waals surface area contributed by atoms with Gasteiger partial charge in [0.2, 0.25) is 0 Å². The molecule has 2 aliphatic heterocycles. The summed E-state index contributed by atoms with van der Waals surface area (Å²) >= 11 is 0. The molecule has 2 bridgehead atoms. The summed E-state index contributed by atoms with van der Waals surface area (Å²) in [7, 11) is 0. The molecule has 0 saturated carbocycles. The van der Waals surface area contributed by atoms with Gasteiger partial charge in [-0.25, -0.2) is 0 Å². The minimum atomic E-state index is -0.0321. The summed E-state index contributed by atoms with van der Waals surface area (Å²) in [4.78, 5) is 14.0. The van der Waals surface area contributed by atoms with E-state index in [9.17, 15) is 4.79 Å². The van der Waals surface area contributed by atoms with Crippen LogP contribution >= 0.6 is 0 Å². The molecule has 3 heteroatoms. The lowest BCUT2D eigenvalue weighted by atomic mass is 9.98. The van der Waals surface area contributed by atoms with Crippen LogP contribution in [0.5, 0.6) is 0 Å². The quantitative estimate of drug-likeness (QED) is 0.730. The third-order valence-electron chi connectivity index (χ3n) is 3.93. The van der Waals surface area contributed by atoms with Gasteiger partial charge in [0.25, 0.3) is 0 Å². The van der Waals surface area contributed by atoms with E-state index in [1.165, 1.54) is 5.56 Å². The largest absolute Gasteiger partial charge is 0.461 e. The predicted octanol–water partition coefficient (Wildman–Crippen LogP) is 2.14. The third-order valence-corrected chi connectivity index (χ3v) is 3.93. The van der Waals surface area contributed by atoms with E-state index >= 15 is 0 Å². The molecule has 0 spiro atoms. The number of hydrogen-bond acceptors (Lipinski definition) is 3. The number of carbonyl (C=O) groups excluding carboxylic acids is 1. The van der Waals surface area contributed by atoms with Crippen LogP contribution in [0, 0.1) is 0 Å². The van der Waals surface area contributed by atoms with Crippen LogP contribution in [-0.4, -0.2) is 29.6 Å². The van der Waals surface area contributed by atoms with Crippen molar-refractivity contribution >= 4 is 5.97 Å². The number of likely N-dealkylation sites (tertiary alicyclic amines) is 1. The Hall–Kier alpha value is -1.35. The highest BCUT2D eigenvalue weighted by atomic mass is 16.6. The summed E-state index contributed by atoms with van der Waals surface area (Å²) < 4.78 is 5.32. The van der Waals surface area contributed by atoms with E-state index in [2.05, 4.69) is 24.0 Å². The number of esters is 1. The van der Waals surface area contributed by atoms with Crippen LogP contribution < -0.4 is 0 Å². The Morgan fingerprint density at radius 2 is 2.12 bits per heavy atom. The van der Waals surface area contributed by atoms with Crippen LogP contribution in [0.3, 0.4) is 0 Å². The Kier molecular flexibility index (Phi) is 2.63. The predicted molar refractivity (Wildman–Crippen MR) is 64.5 cm³/mol. The maximum absolute atomic E-state index is 11.7. The van der Waals surface area contributed by atoms with E-state index in [0.717, 1.165) is 19.4 Å². The highest BCUT2D eigenvalue weighted by Crippen LogP contribution is 2.34. The number of fused-ring (bicyclic) bond motifs is 2. The number of rotatable bonds is 2. The van der Waals surface area contributed by atoms with E-state index in [0.29, 0.717) is 0 Å². The van der Waals surface area contributed by atoms with Crippen LogP contribution in [0.1, 0.15) is 31.4 Å². The lowest BCUT2D eigenvalue weighted by Gasteiger charge is -2.34. The minimum Gasteiger partial charge on any atom is -0.461 e. The van der Waals surface area contributed by atoms with Gasteiger partial charge in [0.1, 0.15) is 12.1 Å². The molecule has 0 aromatic heterocycles. The van der Waals surface area contributed by atoms with Gasteiger partial charge in [-0.1, -0.05) is 30.3 Å². The van der Waals surface area contributed by atoms with E-state index in [1.807, 2.05) is 18.2 Å². The SMILES string of the molecule is C[C@H](c1ccccc1)N1CCC2C[C@@H]1C(=O)O2. The van der Waals surface area contributed by atoms with Crippen molar-refractivity contribution in [2.45, 2.75) is 38.0 Å². The molecule has 0 N–H and O–H groups in total. The molecule has 2 heterocycles. The second kappa shape index (κ2) is 4.15. The molecule has 0 amide bonds. The van der Waals surface area contributed by atoms with Gasteiger partial charge in [0.05, 0.1) is 0 Å². The molecule has 1 aromatic carbocycles. The van der Waals surface area contributed by atoms with Gasteiger partial charge in [0.15, 0.2) is 0 Å². The van der Waals surface area contributed by atoms with Gasteiger partial charge in [-0.05, 0) is 18.9 Å². The van der Waals surface area contributed by atoms with Crippen molar-refractivity contribution in [2.24, 2.45) is 0 Å². The van der Waals surface area contributed by atoms with Crippen molar-refractivity contribution in [3.8, 4) is 0 Å². The molecule has 3 nitrogen and oxygen atoms in total. The fourth-order valence-corrected chi connectivity index (χ4v) is 2.92. The number of ether oxygens (including phenoxy) is 1. The molecule has 3 atom stereocenters. The second-order valence-corrected chi connectivity index (χ2v) is 4.92. The lowest BCUT2D eigenvalue weighted by molar-refractivity contribution is -0.143. The number of benzene rings is 1. The Bertz CT molecular complexity index is 417. The summed E-state index contributed by atoms with van der Waals surface area (Å²) in [6, 6.07) is 10.6. The van der Waals surface area contributed by atoms with E-state index in [-0.39, 0.29) is 24.2 Å². The topological polar surface area (TPSA) is 29.5 Å². The van der Waals surface area contributed by atoms with Crippen molar-refractivity contribution < 1.29 is 9.53 Å². The van der Waals surface area contributed by atoms with Crippen molar-refractivity contribution in [2.75, 3.05) is 6.54 Å². The highest BCUT2D eigenvalue weighted by molar-refractivity contribution is 5.78. The highest BCUT2D eigenvalue weighted by Gasteiger charge is 2.44. The number of nitrogens with zero attached hydrogens (tertiary/aromatic N) is 1. The second-order valence-electron chi connectivity index (χ2n) is 4.92. The first-order chi connectivity index (χ1) is 8.25. The first kappa shape index (κ1) is 10.8. The van der Waals surface area contributed by atoms with Crippen LogP contribution in [0.25, 0.3) is 0 Å². The summed E-state index contributed by atoms with van der Waals surface area (Å²) in [5.41, 5.74) is 1.27. The zero-order valence-electron chi connectivity index (χ0n) is 10.0. The first-order valence-corrected chi connectivity index (χ1v) is 6.27. The molecule has 0 aliphatic carbocycles. The van der Waals surface area contributed by atoms with Gasteiger partial charge in [-0.3, -0.25) is 9.69 Å². The maximum Gasteiger partial charge on any atom is 0.323 e. The average molecular weight is 231 g/mol. The van der Waals surface area contributed by atoms with Gasteiger partial charge in [-0.15, -0.1) is 0 Å². The molecule has 2 saturated heterocycles. The first-order valence-electron chi connectivity index (χ1n) is 6.27. The fourth-order valence-electron chi connectivity index (χ4n) is 2.92. The van der Waals surface area contributed by atoms with E-state index in [1.54, 1.807) is 0 Å². The summed E-state index contributed by atoms with van der Waals surface area (Å²) in [6.45, 7) is 3.12. The van der Waals surface area contributed by atoms with E-state index in [4.69, 9.17) is 4.74 Å². The van der Waals surface area contributed by atoms with Crippen molar-refractivity contribution in [3.05, 3.63) is 35.9 Å². The zero-order valence-corrected chi connectivity index (χ0v) is 10.0. The zero-order chi connectivity index (χ0) is 11.8. The Balaban J connectivity index is 1.82. The molecule has 1 unspecified atom stereocenters. The van der Waals surface area contributed by atoms with Gasteiger partial charge in [0, 0.05) is 19.0 Å². The molecular weight excluding hydrogens is 214 g/mol. The monoisotopic (exact) mass is 231 g/mol. The molecule has 0 radical (unpaired) electrons. The molecular formula is C14H17NO2. The van der Waals surface area contributed by atoms with Gasteiger partial charge >= 0.3 is 5.97 Å². The molecule has 1 aromatic rings. The summed E-state index contributed by atoms with van der Waals surface area (Å²) in [5, 5.41) is 0. The third kappa shape index (κ3) is 1.84. The van der Waals surface area contributed by atoms with Crippen LogP contribution in [0.15, 0.2) is 30.3 Å². The number of piperidine rings is 1. The van der Waals surface area contributed by atoms with Crippen molar-refractivity contribution in [3.63, 3.8) is 0 Å². The van der Waals surface area contributed by atoms with Gasteiger partial charge < -0.3 is 4.74 Å². The smallest absolute Gasteiger partial charge is 0.323 e. The van der Waals surface area contributed by atoms with Crippen molar-refractivity contribution in [1.29, 1.82) is 0 Å². The fraction of sp³-hybridized carbons (Fsp3) is 0.500. The van der Waals surface area contributed by atoms with Crippen LogP contribution in [0.4, 0.5) is 0 Å². The number of hydrogen-bond donors (Lipinski definition) is 0. The van der Waals surface area contributed by atoms with Gasteiger partial charge in [-0.2, -0.15) is 0 Å². The van der Waals surface area contributed by atoms with Crippen molar-refractivity contribution in [1.82, 2.24) is 4.90 Å². The lowest BCUT2D eigenvalue weighted by Crippen LogP contribution is -2.43. The Morgan fingerprint density at radius 3 is 2.88 bits per heavy atom. The average Bonchev–Trinajstić information content (AvgIpc) is 2.66. The molecule has 90 valence electrons.